The van der Waals surface area contributed by atoms with E-state index in [1.165, 1.54) is 6.42 Å². The van der Waals surface area contributed by atoms with Gasteiger partial charge in [-0.25, -0.2) is 8.42 Å². The Hall–Kier alpha value is -3.99. The lowest BCUT2D eigenvalue weighted by Crippen LogP contribution is -2.41. The number of sulfonamides is 1. The zero-order valence-corrected chi connectivity index (χ0v) is 30.6. The van der Waals surface area contributed by atoms with Crippen LogP contribution in [0.4, 0.5) is 5.82 Å². The molecule has 10 nitrogen and oxygen atoms in total. The van der Waals surface area contributed by atoms with Gasteiger partial charge in [0.2, 0.25) is 5.91 Å². The predicted octanol–water partition coefficient (Wildman–Crippen LogP) is 7.25. The van der Waals surface area contributed by atoms with Gasteiger partial charge in [-0.05, 0) is 79.5 Å². The number of hydrogen-bond donors (Lipinski definition) is 1. The molecule has 2 saturated carbocycles. The minimum Gasteiger partial charge on any atom is -0.359 e. The number of carbonyl (C=O) groups excluding carboxylic acids is 2. The second kappa shape index (κ2) is 13.0. The number of unbranched alkanes of at least 4 members (excludes halogenated alkanes) is 1. The van der Waals surface area contributed by atoms with Crippen LogP contribution in [0.5, 0.6) is 0 Å². The lowest BCUT2D eigenvalue weighted by atomic mass is 9.91. The molecule has 2 fully saturated rings. The highest BCUT2D eigenvalue weighted by atomic mass is 32.2. The van der Waals surface area contributed by atoms with Gasteiger partial charge in [0, 0.05) is 37.6 Å². The van der Waals surface area contributed by atoms with Crippen LogP contribution in [-0.2, 0) is 32.7 Å². The molecule has 0 radical (unpaired) electrons. The van der Waals surface area contributed by atoms with E-state index in [0.29, 0.717) is 47.3 Å². The first kappa shape index (κ1) is 34.9. The van der Waals surface area contributed by atoms with Crippen LogP contribution in [0, 0.1) is 31.1 Å². The summed E-state index contributed by atoms with van der Waals surface area (Å²) < 4.78 is 35.5. The quantitative estimate of drug-likeness (QED) is 0.214. The van der Waals surface area contributed by atoms with Crippen LogP contribution in [0.3, 0.4) is 0 Å². The molecule has 49 heavy (non-hydrogen) atoms. The monoisotopic (exact) mass is 687 g/mol. The summed E-state index contributed by atoms with van der Waals surface area (Å²) in [6, 6.07) is 12.7. The fourth-order valence-corrected chi connectivity index (χ4v) is 8.59. The van der Waals surface area contributed by atoms with Crippen LogP contribution in [0.25, 0.3) is 11.1 Å². The van der Waals surface area contributed by atoms with Crippen molar-refractivity contribution in [3.63, 3.8) is 0 Å². The first-order valence-electron chi connectivity index (χ1n) is 17.4. The van der Waals surface area contributed by atoms with Gasteiger partial charge < -0.3 is 9.42 Å². The molecule has 6 rings (SSSR count). The number of benzene rings is 2. The van der Waals surface area contributed by atoms with E-state index in [1.54, 1.807) is 50.1 Å². The smallest absolute Gasteiger partial charge is 0.263 e. The van der Waals surface area contributed by atoms with Crippen molar-refractivity contribution < 1.29 is 22.5 Å². The maximum absolute atomic E-state index is 14.1. The van der Waals surface area contributed by atoms with Crippen molar-refractivity contribution in [2.45, 2.75) is 110 Å². The van der Waals surface area contributed by atoms with Crippen molar-refractivity contribution in [2.75, 3.05) is 11.8 Å². The Kier molecular flexibility index (Phi) is 9.28. The second-order valence-electron chi connectivity index (χ2n) is 15.5. The number of nitrogens with one attached hydrogen (secondary N) is 1. The standard InChI is InChI=1S/C38H49N5O5S/c1-8-9-14-33-39-38(19-27-18-28(27)20-38)36(45)43(33)22-26-15-16-30(29(17-26)23-42(7)34(44)21-37(4,5)6)31-12-10-11-13-32(31)49(46,47)41-35-24(2)25(3)48-40-35/h10-13,15-17,27-28H,8-9,14,18-23H2,1-7H3,(H,40,41)/t27-,28?,38?/m0/s1. The van der Waals surface area contributed by atoms with Gasteiger partial charge in [0.1, 0.15) is 17.1 Å². The third-order valence-corrected chi connectivity index (χ3v) is 11.6. The summed E-state index contributed by atoms with van der Waals surface area (Å²) in [4.78, 5) is 36.2. The van der Waals surface area contributed by atoms with E-state index in [1.807, 2.05) is 43.9 Å². The van der Waals surface area contributed by atoms with Crippen LogP contribution < -0.4 is 4.72 Å². The molecule has 2 unspecified atom stereocenters. The molecule has 0 saturated heterocycles. The topological polar surface area (TPSA) is 125 Å². The van der Waals surface area contributed by atoms with Gasteiger partial charge in [0.25, 0.3) is 15.9 Å². The molecule has 2 heterocycles. The van der Waals surface area contributed by atoms with E-state index < -0.39 is 15.6 Å². The highest BCUT2D eigenvalue weighted by Crippen LogP contribution is 2.59. The highest BCUT2D eigenvalue weighted by Gasteiger charge is 2.61. The van der Waals surface area contributed by atoms with Crippen molar-refractivity contribution in [1.29, 1.82) is 0 Å². The Morgan fingerprint density at radius 2 is 1.82 bits per heavy atom. The van der Waals surface area contributed by atoms with Crippen LogP contribution in [0.2, 0.25) is 0 Å². The zero-order valence-electron chi connectivity index (χ0n) is 29.8. The molecule has 262 valence electrons. The summed E-state index contributed by atoms with van der Waals surface area (Å²) in [6.45, 7) is 12.3. The summed E-state index contributed by atoms with van der Waals surface area (Å²) in [6.07, 6.45) is 6.01. The average molecular weight is 688 g/mol. The molecule has 1 N–H and O–H groups in total. The Morgan fingerprint density at radius 3 is 2.47 bits per heavy atom. The molecule has 11 heteroatoms. The second-order valence-corrected chi connectivity index (χ2v) is 17.2. The third kappa shape index (κ3) is 7.18. The van der Waals surface area contributed by atoms with Gasteiger partial charge >= 0.3 is 0 Å². The number of aryl methyl sites for hydroxylation is 1. The number of nitrogens with zero attached hydrogens (tertiary/aromatic N) is 4. The summed E-state index contributed by atoms with van der Waals surface area (Å²) in [5.74, 6) is 2.89. The average Bonchev–Trinajstić information content (AvgIpc) is 3.44. The molecule has 3 atom stereocenters. The first-order valence-corrected chi connectivity index (χ1v) is 18.9. The Bertz CT molecular complexity index is 1900. The van der Waals surface area contributed by atoms with Gasteiger partial charge in [-0.1, -0.05) is 75.7 Å². The van der Waals surface area contributed by atoms with Gasteiger partial charge in [-0.2, -0.15) is 0 Å². The number of rotatable bonds is 12. The summed E-state index contributed by atoms with van der Waals surface area (Å²) in [5.41, 5.74) is 2.68. The molecular formula is C38H49N5O5S. The van der Waals surface area contributed by atoms with E-state index in [-0.39, 0.29) is 34.5 Å². The number of aliphatic imine (C=N–C) groups is 1. The molecule has 1 spiro atoms. The van der Waals surface area contributed by atoms with Crippen LogP contribution in [-0.4, -0.2) is 53.6 Å². The molecule has 2 aliphatic carbocycles. The highest BCUT2D eigenvalue weighted by molar-refractivity contribution is 7.92. The molecular weight excluding hydrogens is 639 g/mol. The van der Waals surface area contributed by atoms with Crippen molar-refractivity contribution in [1.82, 2.24) is 15.0 Å². The Morgan fingerprint density at radius 1 is 1.10 bits per heavy atom. The van der Waals surface area contributed by atoms with Crippen molar-refractivity contribution in [3.05, 3.63) is 64.9 Å². The Labute approximate surface area is 290 Å². The van der Waals surface area contributed by atoms with E-state index in [4.69, 9.17) is 9.52 Å². The van der Waals surface area contributed by atoms with Crippen molar-refractivity contribution >= 4 is 33.5 Å². The Balaban J connectivity index is 1.37. The zero-order chi connectivity index (χ0) is 35.3. The number of aromatic nitrogens is 1. The summed E-state index contributed by atoms with van der Waals surface area (Å²) in [7, 11) is -2.30. The van der Waals surface area contributed by atoms with E-state index in [0.717, 1.165) is 49.1 Å². The number of carbonyl (C=O) groups is 2. The summed E-state index contributed by atoms with van der Waals surface area (Å²) in [5, 5.41) is 3.91. The lowest BCUT2D eigenvalue weighted by Gasteiger charge is -2.26. The van der Waals surface area contributed by atoms with Gasteiger partial charge in [-0.15, -0.1) is 0 Å². The van der Waals surface area contributed by atoms with Gasteiger partial charge in [-0.3, -0.25) is 24.2 Å². The number of anilines is 1. The molecule has 3 aliphatic rings. The SMILES string of the molecule is CCCCC1=NC2(CC3C[C@H]3C2)C(=O)N1Cc1ccc(-c2ccccc2S(=O)(=O)Nc2noc(C)c2C)c(CN(C)C(=O)CC(C)(C)C)c1. The summed E-state index contributed by atoms with van der Waals surface area (Å²) >= 11 is 0. The minimum absolute atomic E-state index is 0.00579. The number of hydrogen-bond acceptors (Lipinski definition) is 7. The maximum atomic E-state index is 14.1. The fraction of sp³-hybridized carbons (Fsp3) is 0.526. The van der Waals surface area contributed by atoms with Gasteiger partial charge in [0.05, 0.1) is 11.4 Å². The van der Waals surface area contributed by atoms with Crippen LogP contribution in [0.15, 0.2) is 56.9 Å². The fourth-order valence-electron chi connectivity index (χ4n) is 7.31. The van der Waals surface area contributed by atoms with Gasteiger partial charge in [0.15, 0.2) is 5.82 Å². The van der Waals surface area contributed by atoms with Crippen LogP contribution >= 0.6 is 0 Å². The van der Waals surface area contributed by atoms with E-state index in [9.17, 15) is 18.0 Å². The maximum Gasteiger partial charge on any atom is 0.263 e. The molecule has 1 aromatic heterocycles. The third-order valence-electron chi connectivity index (χ3n) is 10.2. The minimum atomic E-state index is -4.07. The van der Waals surface area contributed by atoms with E-state index >= 15 is 0 Å². The molecule has 0 bridgehead atoms. The number of amides is 2. The van der Waals surface area contributed by atoms with Crippen LogP contribution in [0.1, 0.15) is 95.1 Å². The first-order chi connectivity index (χ1) is 23.1. The lowest BCUT2D eigenvalue weighted by molar-refractivity contribution is -0.132. The number of amidine groups is 1. The molecule has 2 amide bonds. The van der Waals surface area contributed by atoms with E-state index in [2.05, 4.69) is 16.8 Å². The normalized spacial score (nSPS) is 21.7. The van der Waals surface area contributed by atoms with Crippen molar-refractivity contribution in [2.24, 2.45) is 22.2 Å². The predicted molar refractivity (Wildman–Crippen MR) is 190 cm³/mol. The molecule has 1 aliphatic heterocycles. The largest absolute Gasteiger partial charge is 0.359 e. The molecule has 2 aromatic carbocycles. The molecule has 3 aromatic rings. The van der Waals surface area contributed by atoms with Crippen molar-refractivity contribution in [3.8, 4) is 11.1 Å². The number of fused-ring (bicyclic) bond motifs is 1.